The molecule has 2 saturated heterocycles. The number of nitrogens with zero attached hydrogens (tertiary/aromatic N) is 5. The summed E-state index contributed by atoms with van der Waals surface area (Å²) in [5, 5.41) is 2.69. The van der Waals surface area contributed by atoms with Crippen LogP contribution >= 0.6 is 11.3 Å². The SMILES string of the molecule is CCCCN1CCN(S(=O)(=O)c2cc(-c3nc(C)cs3)n(CC(=O)N3CCCCC3)c2)CC1. The Morgan fingerprint density at radius 2 is 1.82 bits per heavy atom. The Morgan fingerprint density at radius 1 is 1.09 bits per heavy atom. The molecule has 1 amide bonds. The van der Waals surface area contributed by atoms with Crippen molar-refractivity contribution in [3.63, 3.8) is 0 Å². The first kappa shape index (κ1) is 24.4. The Kier molecular flexibility index (Phi) is 7.88. The summed E-state index contributed by atoms with van der Waals surface area (Å²) < 4.78 is 30.3. The predicted octanol–water partition coefficient (Wildman–Crippen LogP) is 3.04. The number of sulfonamides is 1. The summed E-state index contributed by atoms with van der Waals surface area (Å²) in [4.78, 5) is 22.0. The van der Waals surface area contributed by atoms with Gasteiger partial charge >= 0.3 is 0 Å². The molecule has 0 unspecified atom stereocenters. The van der Waals surface area contributed by atoms with Gasteiger partial charge in [0.05, 0.1) is 5.69 Å². The van der Waals surface area contributed by atoms with Crippen LogP contribution in [0, 0.1) is 6.92 Å². The Labute approximate surface area is 201 Å². The van der Waals surface area contributed by atoms with E-state index < -0.39 is 10.0 Å². The average Bonchev–Trinajstić information content (AvgIpc) is 3.45. The van der Waals surface area contributed by atoms with Crippen molar-refractivity contribution >= 4 is 27.3 Å². The number of piperidine rings is 1. The van der Waals surface area contributed by atoms with E-state index in [0.717, 1.165) is 75.5 Å². The zero-order valence-corrected chi connectivity index (χ0v) is 21.3. The second-order valence-corrected chi connectivity index (χ2v) is 11.8. The number of carbonyl (C=O) groups excluding carboxylic acids is 1. The number of hydrogen-bond acceptors (Lipinski definition) is 6. The first-order valence-corrected chi connectivity index (χ1v) is 14.3. The molecule has 0 radical (unpaired) electrons. The van der Waals surface area contributed by atoms with Gasteiger partial charge in [0.2, 0.25) is 15.9 Å². The molecule has 4 rings (SSSR count). The molecule has 33 heavy (non-hydrogen) atoms. The molecule has 0 N–H and O–H groups in total. The van der Waals surface area contributed by atoms with Crippen LogP contribution in [-0.2, 0) is 21.4 Å². The zero-order valence-electron chi connectivity index (χ0n) is 19.7. The Morgan fingerprint density at radius 3 is 2.45 bits per heavy atom. The Bertz CT molecular complexity index is 1050. The molecule has 2 aliphatic rings. The second kappa shape index (κ2) is 10.7. The van der Waals surface area contributed by atoms with Crippen molar-refractivity contribution in [3.05, 3.63) is 23.3 Å². The number of thiazole rings is 1. The van der Waals surface area contributed by atoms with Gasteiger partial charge in [-0.2, -0.15) is 4.31 Å². The van der Waals surface area contributed by atoms with Crippen molar-refractivity contribution in [2.45, 2.75) is 57.4 Å². The molecule has 0 bridgehead atoms. The number of carbonyl (C=O) groups is 1. The fraction of sp³-hybridized carbons (Fsp3) is 0.652. The number of aromatic nitrogens is 2. The maximum atomic E-state index is 13.5. The number of likely N-dealkylation sites (tertiary alicyclic amines) is 1. The number of unbranched alkanes of at least 4 members (excludes halogenated alkanes) is 1. The highest BCUT2D eigenvalue weighted by molar-refractivity contribution is 7.89. The number of rotatable bonds is 8. The second-order valence-electron chi connectivity index (χ2n) is 9.02. The Balaban J connectivity index is 1.56. The average molecular weight is 494 g/mol. The van der Waals surface area contributed by atoms with Crippen LogP contribution in [0.2, 0.25) is 0 Å². The van der Waals surface area contributed by atoms with E-state index in [9.17, 15) is 13.2 Å². The summed E-state index contributed by atoms with van der Waals surface area (Å²) >= 11 is 1.47. The molecule has 0 spiro atoms. The van der Waals surface area contributed by atoms with Gasteiger partial charge in [0.25, 0.3) is 0 Å². The van der Waals surface area contributed by atoms with Gasteiger partial charge in [-0.15, -0.1) is 11.3 Å². The van der Waals surface area contributed by atoms with Gasteiger partial charge in [-0.25, -0.2) is 13.4 Å². The van der Waals surface area contributed by atoms with Crippen LogP contribution in [0.1, 0.15) is 44.7 Å². The van der Waals surface area contributed by atoms with E-state index in [1.165, 1.54) is 11.3 Å². The summed E-state index contributed by atoms with van der Waals surface area (Å²) in [7, 11) is -3.63. The lowest BCUT2D eigenvalue weighted by molar-refractivity contribution is -0.132. The summed E-state index contributed by atoms with van der Waals surface area (Å²) in [5.41, 5.74) is 1.58. The Hall–Kier alpha value is -1.75. The molecule has 8 nitrogen and oxygen atoms in total. The minimum atomic E-state index is -3.63. The number of amides is 1. The van der Waals surface area contributed by atoms with E-state index in [1.807, 2.05) is 17.2 Å². The molecule has 2 aromatic rings. The molecule has 0 atom stereocenters. The first-order chi connectivity index (χ1) is 15.9. The summed E-state index contributed by atoms with van der Waals surface area (Å²) in [6.07, 6.45) is 7.12. The highest BCUT2D eigenvalue weighted by Gasteiger charge is 2.31. The zero-order chi connectivity index (χ0) is 23.4. The van der Waals surface area contributed by atoms with Crippen molar-refractivity contribution in [3.8, 4) is 10.7 Å². The van der Waals surface area contributed by atoms with E-state index in [1.54, 1.807) is 21.1 Å². The van der Waals surface area contributed by atoms with Gasteiger partial charge in [0.1, 0.15) is 16.4 Å². The van der Waals surface area contributed by atoms with Gasteiger partial charge in [-0.05, 0) is 45.2 Å². The maximum absolute atomic E-state index is 13.5. The lowest BCUT2D eigenvalue weighted by Gasteiger charge is -2.33. The van der Waals surface area contributed by atoms with Crippen molar-refractivity contribution in [2.24, 2.45) is 0 Å². The van der Waals surface area contributed by atoms with Crippen LogP contribution in [0.5, 0.6) is 0 Å². The molecule has 10 heteroatoms. The molecule has 0 aromatic carbocycles. The van der Waals surface area contributed by atoms with Crippen molar-refractivity contribution < 1.29 is 13.2 Å². The molecule has 182 valence electrons. The molecule has 2 aromatic heterocycles. The maximum Gasteiger partial charge on any atom is 0.244 e. The lowest BCUT2D eigenvalue weighted by Crippen LogP contribution is -2.48. The topological polar surface area (TPSA) is 78.8 Å². The molecule has 0 aliphatic carbocycles. The highest BCUT2D eigenvalue weighted by atomic mass is 32.2. The van der Waals surface area contributed by atoms with Crippen molar-refractivity contribution in [1.82, 2.24) is 23.7 Å². The fourth-order valence-corrected chi connectivity index (χ4v) is 6.81. The summed E-state index contributed by atoms with van der Waals surface area (Å²) in [5.74, 6) is 0.0355. The predicted molar refractivity (Wildman–Crippen MR) is 131 cm³/mol. The third-order valence-electron chi connectivity index (χ3n) is 6.52. The molecule has 2 aliphatic heterocycles. The molecular weight excluding hydrogens is 458 g/mol. The normalized spacial score (nSPS) is 18.7. The third kappa shape index (κ3) is 5.67. The van der Waals surface area contributed by atoms with E-state index in [2.05, 4.69) is 16.8 Å². The monoisotopic (exact) mass is 493 g/mol. The molecule has 2 fully saturated rings. The minimum Gasteiger partial charge on any atom is -0.341 e. The van der Waals surface area contributed by atoms with E-state index in [4.69, 9.17) is 0 Å². The number of piperazine rings is 1. The van der Waals surface area contributed by atoms with Gasteiger partial charge in [-0.3, -0.25) is 4.79 Å². The lowest BCUT2D eigenvalue weighted by atomic mass is 10.1. The largest absolute Gasteiger partial charge is 0.341 e. The summed E-state index contributed by atoms with van der Waals surface area (Å²) in [6.45, 7) is 9.30. The molecule has 4 heterocycles. The van der Waals surface area contributed by atoms with Gasteiger partial charge < -0.3 is 14.4 Å². The van der Waals surface area contributed by atoms with Crippen LogP contribution in [-0.4, -0.2) is 83.8 Å². The van der Waals surface area contributed by atoms with E-state index >= 15 is 0 Å². The van der Waals surface area contributed by atoms with E-state index in [0.29, 0.717) is 18.8 Å². The summed E-state index contributed by atoms with van der Waals surface area (Å²) in [6, 6.07) is 1.69. The van der Waals surface area contributed by atoms with Crippen molar-refractivity contribution in [1.29, 1.82) is 0 Å². The minimum absolute atomic E-state index is 0.0355. The van der Waals surface area contributed by atoms with Gasteiger partial charge in [-0.1, -0.05) is 13.3 Å². The highest BCUT2D eigenvalue weighted by Crippen LogP contribution is 2.30. The van der Waals surface area contributed by atoms with Gasteiger partial charge in [0, 0.05) is 56.5 Å². The van der Waals surface area contributed by atoms with Crippen LogP contribution in [0.3, 0.4) is 0 Å². The first-order valence-electron chi connectivity index (χ1n) is 12.0. The smallest absolute Gasteiger partial charge is 0.244 e. The molecular formula is C23H35N5O3S2. The number of aryl methyl sites for hydroxylation is 1. The van der Waals surface area contributed by atoms with Crippen LogP contribution < -0.4 is 0 Å². The van der Waals surface area contributed by atoms with Crippen molar-refractivity contribution in [2.75, 3.05) is 45.8 Å². The van der Waals surface area contributed by atoms with Crippen LogP contribution in [0.4, 0.5) is 0 Å². The van der Waals surface area contributed by atoms with Crippen LogP contribution in [0.25, 0.3) is 10.7 Å². The van der Waals surface area contributed by atoms with E-state index in [-0.39, 0.29) is 17.3 Å². The quantitative estimate of drug-likeness (QED) is 0.565. The third-order valence-corrected chi connectivity index (χ3v) is 9.37. The number of hydrogen-bond donors (Lipinski definition) is 0. The van der Waals surface area contributed by atoms with Crippen LogP contribution in [0.15, 0.2) is 22.5 Å². The van der Waals surface area contributed by atoms with Gasteiger partial charge in [0.15, 0.2) is 0 Å². The standard InChI is InChI=1S/C23H35N5O3S2/c1-3-4-8-25-11-13-28(14-12-25)33(30,31)20-15-21(23-24-19(2)18-32-23)27(16-20)17-22(29)26-9-6-5-7-10-26/h15-16,18H,3-14,17H2,1-2H3. The fourth-order valence-electron chi connectivity index (χ4n) is 4.52. The molecule has 0 saturated carbocycles.